The number of hydrogen-bond donors (Lipinski definition) is 2. The fourth-order valence-electron chi connectivity index (χ4n) is 1.62. The molecule has 3 N–H and O–H groups in total. The lowest BCUT2D eigenvalue weighted by Crippen LogP contribution is -2.28. The van der Waals surface area contributed by atoms with E-state index in [4.69, 9.17) is 18.0 Å². The van der Waals surface area contributed by atoms with Crippen LogP contribution in [0.3, 0.4) is 0 Å². The predicted molar refractivity (Wildman–Crippen MR) is 71.3 cm³/mol. The van der Waals surface area contributed by atoms with Crippen LogP contribution in [0.2, 0.25) is 0 Å². The SMILES string of the molecule is NC(=S)c1cc(Br)ccc1NC1CCC1. The third-order valence-electron chi connectivity index (χ3n) is 2.71. The molecule has 15 heavy (non-hydrogen) atoms. The maximum Gasteiger partial charge on any atom is 0.106 e. The van der Waals surface area contributed by atoms with E-state index >= 15 is 0 Å². The fourth-order valence-corrected chi connectivity index (χ4v) is 2.15. The van der Waals surface area contributed by atoms with Gasteiger partial charge in [0, 0.05) is 21.8 Å². The highest BCUT2D eigenvalue weighted by atomic mass is 79.9. The van der Waals surface area contributed by atoms with E-state index in [-0.39, 0.29) is 0 Å². The number of hydrogen-bond acceptors (Lipinski definition) is 2. The topological polar surface area (TPSA) is 38.0 Å². The van der Waals surface area contributed by atoms with E-state index < -0.39 is 0 Å². The molecule has 0 saturated heterocycles. The number of halogens is 1. The Labute approximate surface area is 103 Å². The first kappa shape index (κ1) is 10.9. The van der Waals surface area contributed by atoms with Crippen LogP contribution in [-0.2, 0) is 0 Å². The monoisotopic (exact) mass is 284 g/mol. The van der Waals surface area contributed by atoms with Crippen molar-refractivity contribution in [1.29, 1.82) is 0 Å². The van der Waals surface area contributed by atoms with Crippen molar-refractivity contribution in [2.45, 2.75) is 25.3 Å². The van der Waals surface area contributed by atoms with Crippen molar-refractivity contribution >= 4 is 38.8 Å². The summed E-state index contributed by atoms with van der Waals surface area (Å²) in [4.78, 5) is 0.443. The largest absolute Gasteiger partial charge is 0.389 e. The summed E-state index contributed by atoms with van der Waals surface area (Å²) in [5.74, 6) is 0. The second kappa shape index (κ2) is 4.49. The van der Waals surface area contributed by atoms with E-state index in [1.54, 1.807) is 0 Å². The van der Waals surface area contributed by atoms with Gasteiger partial charge in [-0.3, -0.25) is 0 Å². The molecule has 0 atom stereocenters. The van der Waals surface area contributed by atoms with E-state index in [1.165, 1.54) is 19.3 Å². The summed E-state index contributed by atoms with van der Waals surface area (Å²) in [5, 5.41) is 3.47. The van der Waals surface area contributed by atoms with Gasteiger partial charge in [0.15, 0.2) is 0 Å². The van der Waals surface area contributed by atoms with E-state index in [0.29, 0.717) is 11.0 Å². The summed E-state index contributed by atoms with van der Waals surface area (Å²) >= 11 is 8.45. The van der Waals surface area contributed by atoms with Crippen LogP contribution in [0.15, 0.2) is 22.7 Å². The van der Waals surface area contributed by atoms with Crippen molar-refractivity contribution in [3.63, 3.8) is 0 Å². The second-order valence-electron chi connectivity index (χ2n) is 3.83. The maximum atomic E-state index is 5.69. The predicted octanol–water partition coefficient (Wildman–Crippen LogP) is 3.05. The summed E-state index contributed by atoms with van der Waals surface area (Å²) < 4.78 is 1.00. The van der Waals surface area contributed by atoms with E-state index in [9.17, 15) is 0 Å². The number of anilines is 1. The van der Waals surface area contributed by atoms with Gasteiger partial charge in [-0.2, -0.15) is 0 Å². The van der Waals surface area contributed by atoms with Gasteiger partial charge >= 0.3 is 0 Å². The molecule has 1 aliphatic carbocycles. The Morgan fingerprint density at radius 1 is 1.47 bits per heavy atom. The van der Waals surface area contributed by atoms with Gasteiger partial charge in [0.1, 0.15) is 4.99 Å². The molecule has 80 valence electrons. The standard InChI is InChI=1S/C11H13BrN2S/c12-7-4-5-10(9(6-7)11(13)15)14-8-2-1-3-8/h4-6,8,14H,1-3H2,(H2,13,15). The van der Waals surface area contributed by atoms with Crippen molar-refractivity contribution in [3.05, 3.63) is 28.2 Å². The van der Waals surface area contributed by atoms with Gasteiger partial charge in [0.25, 0.3) is 0 Å². The van der Waals surface area contributed by atoms with E-state index in [0.717, 1.165) is 15.7 Å². The van der Waals surface area contributed by atoms with Gasteiger partial charge in [-0.25, -0.2) is 0 Å². The third-order valence-corrected chi connectivity index (χ3v) is 3.43. The number of benzene rings is 1. The molecule has 0 heterocycles. The normalized spacial score (nSPS) is 15.8. The van der Waals surface area contributed by atoms with E-state index in [1.807, 2.05) is 18.2 Å². The summed E-state index contributed by atoms with van der Waals surface area (Å²) in [7, 11) is 0. The molecule has 2 rings (SSSR count). The van der Waals surface area contributed by atoms with E-state index in [2.05, 4.69) is 21.2 Å². The molecule has 1 aromatic rings. The highest BCUT2D eigenvalue weighted by Crippen LogP contribution is 2.27. The van der Waals surface area contributed by atoms with Crippen LogP contribution < -0.4 is 11.1 Å². The van der Waals surface area contributed by atoms with Crippen LogP contribution >= 0.6 is 28.1 Å². The average Bonchev–Trinajstić information content (AvgIpc) is 2.12. The Bertz CT molecular complexity index is 388. The molecule has 0 aliphatic heterocycles. The smallest absolute Gasteiger partial charge is 0.106 e. The van der Waals surface area contributed by atoms with Crippen molar-refractivity contribution in [2.24, 2.45) is 5.73 Å². The van der Waals surface area contributed by atoms with Gasteiger partial charge in [0.2, 0.25) is 0 Å². The molecule has 0 bridgehead atoms. The first-order chi connectivity index (χ1) is 7.16. The molecular weight excluding hydrogens is 272 g/mol. The van der Waals surface area contributed by atoms with Crippen LogP contribution in [0.5, 0.6) is 0 Å². The Balaban J connectivity index is 2.23. The number of nitrogens with two attached hydrogens (primary N) is 1. The first-order valence-corrected chi connectivity index (χ1v) is 6.23. The number of thiocarbonyl (C=S) groups is 1. The summed E-state index contributed by atoms with van der Waals surface area (Å²) in [6, 6.07) is 6.59. The van der Waals surface area contributed by atoms with Crippen molar-refractivity contribution < 1.29 is 0 Å². The minimum atomic E-state index is 0.443. The molecular formula is C11H13BrN2S. The maximum absolute atomic E-state index is 5.69. The lowest BCUT2D eigenvalue weighted by Gasteiger charge is -2.28. The van der Waals surface area contributed by atoms with Gasteiger partial charge in [-0.05, 0) is 37.5 Å². The molecule has 0 amide bonds. The van der Waals surface area contributed by atoms with Crippen LogP contribution in [0, 0.1) is 0 Å². The molecule has 0 spiro atoms. The zero-order chi connectivity index (χ0) is 10.8. The quantitative estimate of drug-likeness (QED) is 0.838. The molecule has 1 aliphatic rings. The molecule has 1 saturated carbocycles. The van der Waals surface area contributed by atoms with Crippen molar-refractivity contribution in [2.75, 3.05) is 5.32 Å². The molecule has 0 unspecified atom stereocenters. The Hall–Kier alpha value is -0.610. The molecule has 4 heteroatoms. The lowest BCUT2D eigenvalue weighted by atomic mass is 9.92. The highest BCUT2D eigenvalue weighted by Gasteiger charge is 2.18. The Kier molecular flexibility index (Phi) is 3.26. The summed E-state index contributed by atoms with van der Waals surface area (Å²) in [5.41, 5.74) is 7.66. The van der Waals surface area contributed by atoms with Gasteiger partial charge in [0.05, 0.1) is 0 Å². The van der Waals surface area contributed by atoms with Crippen LogP contribution in [0.4, 0.5) is 5.69 Å². The lowest BCUT2D eigenvalue weighted by molar-refractivity contribution is 0.445. The third kappa shape index (κ3) is 2.49. The molecule has 0 radical (unpaired) electrons. The van der Waals surface area contributed by atoms with Gasteiger partial charge in [-0.15, -0.1) is 0 Å². The Morgan fingerprint density at radius 2 is 2.20 bits per heavy atom. The van der Waals surface area contributed by atoms with Crippen molar-refractivity contribution in [1.82, 2.24) is 0 Å². The molecule has 2 nitrogen and oxygen atoms in total. The Morgan fingerprint density at radius 3 is 2.73 bits per heavy atom. The summed E-state index contributed by atoms with van der Waals surface area (Å²) in [6.45, 7) is 0. The van der Waals surface area contributed by atoms with Crippen LogP contribution in [-0.4, -0.2) is 11.0 Å². The zero-order valence-electron chi connectivity index (χ0n) is 8.29. The van der Waals surface area contributed by atoms with Gasteiger partial charge < -0.3 is 11.1 Å². The summed E-state index contributed by atoms with van der Waals surface area (Å²) in [6.07, 6.45) is 3.80. The zero-order valence-corrected chi connectivity index (χ0v) is 10.7. The molecule has 1 fully saturated rings. The van der Waals surface area contributed by atoms with Crippen molar-refractivity contribution in [3.8, 4) is 0 Å². The highest BCUT2D eigenvalue weighted by molar-refractivity contribution is 9.10. The minimum absolute atomic E-state index is 0.443. The molecule has 0 aromatic heterocycles. The first-order valence-electron chi connectivity index (χ1n) is 5.02. The van der Waals surface area contributed by atoms with Crippen LogP contribution in [0.25, 0.3) is 0 Å². The second-order valence-corrected chi connectivity index (χ2v) is 5.18. The molecule has 1 aromatic carbocycles. The minimum Gasteiger partial charge on any atom is -0.389 e. The number of rotatable bonds is 3. The fraction of sp³-hybridized carbons (Fsp3) is 0.364. The number of nitrogens with one attached hydrogen (secondary N) is 1. The van der Waals surface area contributed by atoms with Crippen LogP contribution in [0.1, 0.15) is 24.8 Å². The van der Waals surface area contributed by atoms with Gasteiger partial charge in [-0.1, -0.05) is 28.1 Å². The average molecular weight is 285 g/mol.